The van der Waals surface area contributed by atoms with Gasteiger partial charge in [0.05, 0.1) is 11.9 Å². The fraction of sp³-hybridized carbons (Fsp3) is 0.867. The molecule has 3 unspecified atom stereocenters. The van der Waals surface area contributed by atoms with E-state index in [1.54, 1.807) is 0 Å². The second-order valence-electron chi connectivity index (χ2n) is 13.0. The summed E-state index contributed by atoms with van der Waals surface area (Å²) in [6.45, 7) is 11.6. The number of esters is 3. The molecule has 0 radical (unpaired) electrons. The fourth-order valence-corrected chi connectivity index (χ4v) is 11.3. The van der Waals surface area contributed by atoms with Gasteiger partial charge in [-0.1, -0.05) is 43.6 Å². The van der Waals surface area contributed by atoms with Crippen LogP contribution >= 0.6 is 15.9 Å². The summed E-state index contributed by atoms with van der Waals surface area (Å²) in [6, 6.07) is 0. The molecule has 38 heavy (non-hydrogen) atoms. The van der Waals surface area contributed by atoms with Gasteiger partial charge in [0, 0.05) is 31.6 Å². The van der Waals surface area contributed by atoms with E-state index in [0.717, 1.165) is 38.5 Å². The van der Waals surface area contributed by atoms with E-state index in [2.05, 4.69) is 43.6 Å². The zero-order valence-electron chi connectivity index (χ0n) is 24.0. The van der Waals surface area contributed by atoms with E-state index < -0.39 is 5.41 Å². The first-order valence-corrected chi connectivity index (χ1v) is 15.3. The molecule has 0 aromatic carbocycles. The summed E-state index contributed by atoms with van der Waals surface area (Å²) in [6.07, 6.45) is 4.80. The Hall–Kier alpha value is -1.44. The SMILES string of the molecule is CC[C@H]1[C@@H](OC(C)=O)C2C3CC[C@H]([C@H](C)CC(=O)OC)[C@@]3(C)C(=O)[C@@H](Br)C2[C@@]2(C)CC[C@@H](OC(C)=O)C[C@@H]12. The maximum atomic E-state index is 14.4. The van der Waals surface area contributed by atoms with Crippen molar-refractivity contribution in [2.24, 2.45) is 52.3 Å². The van der Waals surface area contributed by atoms with Gasteiger partial charge in [0.2, 0.25) is 0 Å². The standard InChI is InChI=1S/C30H45BrO7/c1-8-19-22-14-18(37-16(3)32)11-12-29(22,5)25-24(27(19)38-17(4)33)21-10-9-20(15(2)13-23(34)36-7)30(21,6)28(35)26(25)31/h15,18-22,24-27H,8-14H2,1-7H3/t15-,18-,19-,20-,21?,22+,24?,25?,26+,27-,29+,30-/m1/s1. The molecule has 0 spiro atoms. The van der Waals surface area contributed by atoms with E-state index in [-0.39, 0.29) is 87.6 Å². The van der Waals surface area contributed by atoms with Crippen molar-refractivity contribution in [3.05, 3.63) is 0 Å². The number of alkyl halides is 1. The zero-order valence-corrected chi connectivity index (χ0v) is 25.5. The van der Waals surface area contributed by atoms with Gasteiger partial charge in [-0.2, -0.15) is 0 Å². The highest BCUT2D eigenvalue weighted by Crippen LogP contribution is 2.70. The van der Waals surface area contributed by atoms with Crippen molar-refractivity contribution in [3.63, 3.8) is 0 Å². The summed E-state index contributed by atoms with van der Waals surface area (Å²) in [7, 11) is 1.41. The molecule has 0 aromatic rings. The minimum absolute atomic E-state index is 0.0119. The smallest absolute Gasteiger partial charge is 0.305 e. The molecule has 0 bridgehead atoms. The first-order valence-electron chi connectivity index (χ1n) is 14.4. The van der Waals surface area contributed by atoms with Crippen LogP contribution in [0.2, 0.25) is 0 Å². The fourth-order valence-electron chi connectivity index (χ4n) is 9.80. The van der Waals surface area contributed by atoms with E-state index in [9.17, 15) is 19.2 Å². The van der Waals surface area contributed by atoms with E-state index in [4.69, 9.17) is 14.2 Å². The topological polar surface area (TPSA) is 96.0 Å². The predicted molar refractivity (Wildman–Crippen MR) is 145 cm³/mol. The maximum Gasteiger partial charge on any atom is 0.305 e. The van der Waals surface area contributed by atoms with Crippen molar-refractivity contribution >= 4 is 39.6 Å². The molecule has 0 saturated heterocycles. The summed E-state index contributed by atoms with van der Waals surface area (Å²) in [5.41, 5.74) is -0.767. The highest BCUT2D eigenvalue weighted by molar-refractivity contribution is 9.10. The molecule has 214 valence electrons. The van der Waals surface area contributed by atoms with Gasteiger partial charge < -0.3 is 14.2 Å². The lowest BCUT2D eigenvalue weighted by molar-refractivity contribution is -0.214. The van der Waals surface area contributed by atoms with Crippen LogP contribution in [0.25, 0.3) is 0 Å². The molecule has 4 aliphatic carbocycles. The third kappa shape index (κ3) is 4.64. The van der Waals surface area contributed by atoms with Crippen LogP contribution in [-0.4, -0.2) is 47.8 Å². The summed E-state index contributed by atoms with van der Waals surface area (Å²) < 4.78 is 16.9. The van der Waals surface area contributed by atoms with Crippen LogP contribution in [0.1, 0.15) is 86.5 Å². The minimum Gasteiger partial charge on any atom is -0.469 e. The number of ether oxygens (including phenoxy) is 3. The Morgan fingerprint density at radius 1 is 1.05 bits per heavy atom. The molecule has 0 heterocycles. The number of methoxy groups -OCH3 is 1. The number of halogens is 1. The number of hydrogen-bond donors (Lipinski definition) is 0. The predicted octanol–water partition coefficient (Wildman–Crippen LogP) is 5.51. The van der Waals surface area contributed by atoms with Crippen LogP contribution in [0.3, 0.4) is 0 Å². The van der Waals surface area contributed by atoms with Crippen LogP contribution < -0.4 is 0 Å². The average molecular weight is 598 g/mol. The molecule has 0 aliphatic heterocycles. The maximum absolute atomic E-state index is 14.4. The molecular weight excluding hydrogens is 552 g/mol. The monoisotopic (exact) mass is 596 g/mol. The molecule has 4 saturated carbocycles. The largest absolute Gasteiger partial charge is 0.469 e. The van der Waals surface area contributed by atoms with Gasteiger partial charge >= 0.3 is 17.9 Å². The molecule has 7 nitrogen and oxygen atoms in total. The number of rotatable bonds is 6. The van der Waals surface area contributed by atoms with E-state index >= 15 is 0 Å². The van der Waals surface area contributed by atoms with Gasteiger partial charge in [-0.25, -0.2) is 0 Å². The van der Waals surface area contributed by atoms with Crippen molar-refractivity contribution in [2.45, 2.75) is 104 Å². The summed E-state index contributed by atoms with van der Waals surface area (Å²) in [5, 5.41) is 0. The number of carbonyl (C=O) groups is 4. The Morgan fingerprint density at radius 3 is 2.29 bits per heavy atom. The van der Waals surface area contributed by atoms with Crippen LogP contribution in [0.5, 0.6) is 0 Å². The highest BCUT2D eigenvalue weighted by atomic mass is 79.9. The third-order valence-corrected chi connectivity index (χ3v) is 12.2. The summed E-state index contributed by atoms with van der Waals surface area (Å²) in [5.74, 6) is -0.100. The quantitative estimate of drug-likeness (QED) is 0.227. The lowest BCUT2D eigenvalue weighted by Crippen LogP contribution is -2.68. The van der Waals surface area contributed by atoms with Gasteiger partial charge in [0.25, 0.3) is 0 Å². The number of ketones is 1. The molecule has 0 amide bonds. The highest BCUT2D eigenvalue weighted by Gasteiger charge is 2.71. The van der Waals surface area contributed by atoms with Gasteiger partial charge in [-0.05, 0) is 79.4 Å². The Balaban J connectivity index is 1.78. The molecular formula is C30H45BrO7. The Kier molecular flexibility index (Phi) is 8.44. The molecule has 4 aliphatic rings. The number of Topliss-reactive ketones (excluding diaryl/α,β-unsaturated/α-hetero) is 1. The van der Waals surface area contributed by atoms with Crippen molar-refractivity contribution in [2.75, 3.05) is 7.11 Å². The molecule has 8 heteroatoms. The molecule has 0 aromatic heterocycles. The van der Waals surface area contributed by atoms with E-state index in [1.807, 2.05) is 0 Å². The van der Waals surface area contributed by atoms with Gasteiger partial charge in [-0.3, -0.25) is 19.2 Å². The van der Waals surface area contributed by atoms with Crippen molar-refractivity contribution in [3.8, 4) is 0 Å². The molecule has 4 rings (SSSR count). The van der Waals surface area contributed by atoms with Crippen LogP contribution in [0, 0.1) is 52.3 Å². The third-order valence-electron chi connectivity index (χ3n) is 11.3. The average Bonchev–Trinajstić information content (AvgIpc) is 3.20. The molecule has 0 N–H and O–H groups in total. The second kappa shape index (κ2) is 10.9. The number of carbonyl (C=O) groups excluding carboxylic acids is 4. The second-order valence-corrected chi connectivity index (χ2v) is 14.0. The van der Waals surface area contributed by atoms with Crippen molar-refractivity contribution < 1.29 is 33.4 Å². The molecule has 4 fully saturated rings. The van der Waals surface area contributed by atoms with Gasteiger partial charge in [0.15, 0.2) is 5.78 Å². The van der Waals surface area contributed by atoms with Crippen LogP contribution in [0.4, 0.5) is 0 Å². The van der Waals surface area contributed by atoms with E-state index in [1.165, 1.54) is 21.0 Å². The van der Waals surface area contributed by atoms with Crippen molar-refractivity contribution in [1.29, 1.82) is 0 Å². The number of fused-ring (bicyclic) bond motifs is 5. The van der Waals surface area contributed by atoms with Crippen molar-refractivity contribution in [1.82, 2.24) is 0 Å². The Bertz CT molecular complexity index is 966. The first kappa shape index (κ1) is 29.5. The number of hydrogen-bond acceptors (Lipinski definition) is 7. The molecule has 12 atom stereocenters. The van der Waals surface area contributed by atoms with E-state index in [0.29, 0.717) is 6.42 Å². The Morgan fingerprint density at radius 2 is 1.71 bits per heavy atom. The van der Waals surface area contributed by atoms with Gasteiger partial charge in [-0.15, -0.1) is 0 Å². The lowest BCUT2D eigenvalue weighted by atomic mass is 9.41. The Labute approximate surface area is 235 Å². The lowest BCUT2D eigenvalue weighted by Gasteiger charge is -2.65. The summed E-state index contributed by atoms with van der Waals surface area (Å²) in [4.78, 5) is 50.5. The minimum atomic E-state index is -0.613. The van der Waals surface area contributed by atoms with Crippen LogP contribution in [0.15, 0.2) is 0 Å². The normalized spacial score (nSPS) is 44.7. The van der Waals surface area contributed by atoms with Crippen LogP contribution in [-0.2, 0) is 33.4 Å². The zero-order chi connectivity index (χ0) is 28.2. The first-order chi connectivity index (χ1) is 17.8. The van der Waals surface area contributed by atoms with Gasteiger partial charge in [0.1, 0.15) is 12.2 Å². The summed E-state index contributed by atoms with van der Waals surface area (Å²) >= 11 is 3.93.